The number of hydrogen-bond donors (Lipinski definition) is 2. The number of benzene rings is 1. The summed E-state index contributed by atoms with van der Waals surface area (Å²) < 4.78 is 5.23. The SMILES string of the molecule is CCC(c1nc2ccc(OC)cc2[nH]1)N(CC)CCO. The second-order valence-electron chi connectivity index (χ2n) is 4.78. The smallest absolute Gasteiger partial charge is 0.124 e. The van der Waals surface area contributed by atoms with E-state index in [0.29, 0.717) is 6.54 Å². The van der Waals surface area contributed by atoms with Crippen molar-refractivity contribution in [3.8, 4) is 5.75 Å². The van der Waals surface area contributed by atoms with Gasteiger partial charge in [0.1, 0.15) is 11.6 Å². The molecule has 0 bridgehead atoms. The number of aliphatic hydroxyl groups excluding tert-OH is 1. The molecule has 2 N–H and O–H groups in total. The van der Waals surface area contributed by atoms with E-state index in [0.717, 1.165) is 35.6 Å². The van der Waals surface area contributed by atoms with E-state index in [1.807, 2.05) is 18.2 Å². The highest BCUT2D eigenvalue weighted by Gasteiger charge is 2.20. The lowest BCUT2D eigenvalue weighted by molar-refractivity contribution is 0.149. The number of H-pyrrole nitrogens is 1. The summed E-state index contributed by atoms with van der Waals surface area (Å²) in [5.41, 5.74) is 1.93. The molecule has 2 rings (SSSR count). The highest BCUT2D eigenvalue weighted by Crippen LogP contribution is 2.25. The molecule has 0 saturated carbocycles. The maximum absolute atomic E-state index is 9.18. The number of nitrogens with one attached hydrogen (secondary N) is 1. The number of fused-ring (bicyclic) bond motifs is 1. The molecule has 1 aromatic carbocycles. The van der Waals surface area contributed by atoms with Gasteiger partial charge in [0.15, 0.2) is 0 Å². The van der Waals surface area contributed by atoms with Crippen molar-refractivity contribution in [3.63, 3.8) is 0 Å². The Morgan fingerprint density at radius 1 is 1.40 bits per heavy atom. The van der Waals surface area contributed by atoms with Gasteiger partial charge in [-0.1, -0.05) is 13.8 Å². The van der Waals surface area contributed by atoms with Crippen LogP contribution in [0.4, 0.5) is 0 Å². The van der Waals surface area contributed by atoms with Crippen molar-refractivity contribution < 1.29 is 9.84 Å². The van der Waals surface area contributed by atoms with Crippen LogP contribution >= 0.6 is 0 Å². The first-order valence-electron chi connectivity index (χ1n) is 7.12. The third kappa shape index (κ3) is 2.94. The first-order chi connectivity index (χ1) is 9.73. The number of imidazole rings is 1. The van der Waals surface area contributed by atoms with Crippen LogP contribution in [0.2, 0.25) is 0 Å². The molecule has 0 aliphatic carbocycles. The predicted molar refractivity (Wildman–Crippen MR) is 80.0 cm³/mol. The Hall–Kier alpha value is -1.59. The lowest BCUT2D eigenvalue weighted by atomic mass is 10.2. The molecule has 0 aliphatic rings. The summed E-state index contributed by atoms with van der Waals surface area (Å²) in [5.74, 6) is 1.77. The summed E-state index contributed by atoms with van der Waals surface area (Å²) in [7, 11) is 1.66. The van der Waals surface area contributed by atoms with Crippen LogP contribution in [0.3, 0.4) is 0 Å². The first-order valence-corrected chi connectivity index (χ1v) is 7.12. The maximum atomic E-state index is 9.18. The molecule has 0 amide bonds. The molecular formula is C15H23N3O2. The number of aromatic amines is 1. The summed E-state index contributed by atoms with van der Waals surface area (Å²) in [6, 6.07) is 6.04. The highest BCUT2D eigenvalue weighted by molar-refractivity contribution is 5.76. The van der Waals surface area contributed by atoms with Gasteiger partial charge < -0.3 is 14.8 Å². The van der Waals surface area contributed by atoms with Gasteiger partial charge in [-0.3, -0.25) is 4.90 Å². The number of aromatic nitrogens is 2. The van der Waals surface area contributed by atoms with Gasteiger partial charge in [0.25, 0.3) is 0 Å². The van der Waals surface area contributed by atoms with Crippen LogP contribution < -0.4 is 4.74 Å². The minimum atomic E-state index is 0.165. The van der Waals surface area contributed by atoms with E-state index in [-0.39, 0.29) is 12.6 Å². The highest BCUT2D eigenvalue weighted by atomic mass is 16.5. The topological polar surface area (TPSA) is 61.4 Å². The van der Waals surface area contributed by atoms with E-state index in [4.69, 9.17) is 4.74 Å². The number of rotatable bonds is 7. The molecule has 20 heavy (non-hydrogen) atoms. The molecule has 0 radical (unpaired) electrons. The van der Waals surface area contributed by atoms with Gasteiger partial charge in [-0.05, 0) is 25.1 Å². The van der Waals surface area contributed by atoms with E-state index in [9.17, 15) is 5.11 Å². The molecule has 0 fully saturated rings. The molecule has 5 nitrogen and oxygen atoms in total. The van der Waals surface area contributed by atoms with Crippen molar-refractivity contribution >= 4 is 11.0 Å². The average molecular weight is 277 g/mol. The van der Waals surface area contributed by atoms with Gasteiger partial charge in [0.2, 0.25) is 0 Å². The van der Waals surface area contributed by atoms with Crippen LogP contribution in [0.15, 0.2) is 18.2 Å². The second kappa shape index (κ2) is 6.72. The monoisotopic (exact) mass is 277 g/mol. The Labute approximate surface area is 119 Å². The van der Waals surface area contributed by atoms with Crippen LogP contribution in [-0.4, -0.2) is 46.8 Å². The lowest BCUT2D eigenvalue weighted by Gasteiger charge is -2.27. The number of hydrogen-bond acceptors (Lipinski definition) is 4. The lowest BCUT2D eigenvalue weighted by Crippen LogP contribution is -2.31. The van der Waals surface area contributed by atoms with Gasteiger partial charge in [0.05, 0.1) is 30.8 Å². The summed E-state index contributed by atoms with van der Waals surface area (Å²) in [6.07, 6.45) is 0.949. The fraction of sp³-hybridized carbons (Fsp3) is 0.533. The molecule has 2 aromatic rings. The van der Waals surface area contributed by atoms with Gasteiger partial charge >= 0.3 is 0 Å². The Kier molecular flexibility index (Phi) is 4.98. The van der Waals surface area contributed by atoms with Crippen molar-refractivity contribution in [1.29, 1.82) is 0 Å². The molecule has 1 atom stereocenters. The Morgan fingerprint density at radius 2 is 2.20 bits per heavy atom. The van der Waals surface area contributed by atoms with Crippen molar-refractivity contribution in [1.82, 2.24) is 14.9 Å². The van der Waals surface area contributed by atoms with Crippen LogP contribution in [0, 0.1) is 0 Å². The number of ether oxygens (including phenoxy) is 1. The van der Waals surface area contributed by atoms with Gasteiger partial charge in [0, 0.05) is 12.6 Å². The van der Waals surface area contributed by atoms with Gasteiger partial charge in [-0.25, -0.2) is 4.98 Å². The molecule has 0 saturated heterocycles. The number of aliphatic hydroxyl groups is 1. The maximum Gasteiger partial charge on any atom is 0.124 e. The van der Waals surface area contributed by atoms with Gasteiger partial charge in [-0.2, -0.15) is 0 Å². The standard InChI is InChI=1S/C15H23N3O2/c1-4-14(18(5-2)8-9-19)15-16-12-7-6-11(20-3)10-13(12)17-15/h6-7,10,14,19H,4-5,8-9H2,1-3H3,(H,16,17). The van der Waals surface area contributed by atoms with E-state index in [2.05, 4.69) is 28.7 Å². The molecule has 1 heterocycles. The normalized spacial score (nSPS) is 13.1. The molecular weight excluding hydrogens is 254 g/mol. The van der Waals surface area contributed by atoms with Crippen molar-refractivity contribution in [2.75, 3.05) is 26.8 Å². The number of nitrogens with zero attached hydrogens (tertiary/aromatic N) is 2. The summed E-state index contributed by atoms with van der Waals surface area (Å²) in [6.45, 7) is 5.95. The van der Waals surface area contributed by atoms with Crippen LogP contribution in [0.1, 0.15) is 32.1 Å². The first kappa shape index (κ1) is 14.8. The van der Waals surface area contributed by atoms with Crippen molar-refractivity contribution in [2.24, 2.45) is 0 Å². The van der Waals surface area contributed by atoms with Crippen LogP contribution in [0.5, 0.6) is 5.75 Å². The Bertz CT molecular complexity index is 553. The van der Waals surface area contributed by atoms with Crippen molar-refractivity contribution in [3.05, 3.63) is 24.0 Å². The largest absolute Gasteiger partial charge is 0.497 e. The Morgan fingerprint density at radius 3 is 2.80 bits per heavy atom. The van der Waals surface area contributed by atoms with E-state index in [1.165, 1.54) is 0 Å². The zero-order valence-corrected chi connectivity index (χ0v) is 12.4. The van der Waals surface area contributed by atoms with E-state index >= 15 is 0 Å². The molecule has 110 valence electrons. The van der Waals surface area contributed by atoms with E-state index < -0.39 is 0 Å². The third-order valence-electron chi connectivity index (χ3n) is 3.64. The molecule has 0 spiro atoms. The molecule has 0 aliphatic heterocycles. The minimum absolute atomic E-state index is 0.165. The molecule has 5 heteroatoms. The zero-order valence-electron chi connectivity index (χ0n) is 12.4. The van der Waals surface area contributed by atoms with E-state index in [1.54, 1.807) is 7.11 Å². The number of methoxy groups -OCH3 is 1. The quantitative estimate of drug-likeness (QED) is 0.815. The predicted octanol–water partition coefficient (Wildman–Crippen LogP) is 2.34. The Balaban J connectivity index is 2.34. The second-order valence-corrected chi connectivity index (χ2v) is 4.78. The number of likely N-dealkylation sites (N-methyl/N-ethyl adjacent to an activating group) is 1. The third-order valence-corrected chi connectivity index (χ3v) is 3.64. The van der Waals surface area contributed by atoms with Gasteiger partial charge in [-0.15, -0.1) is 0 Å². The summed E-state index contributed by atoms with van der Waals surface area (Å²) in [5, 5.41) is 9.18. The fourth-order valence-corrected chi connectivity index (χ4v) is 2.58. The van der Waals surface area contributed by atoms with Crippen LogP contribution in [0.25, 0.3) is 11.0 Å². The summed E-state index contributed by atoms with van der Waals surface area (Å²) in [4.78, 5) is 10.3. The van der Waals surface area contributed by atoms with Crippen LogP contribution in [-0.2, 0) is 0 Å². The fourth-order valence-electron chi connectivity index (χ4n) is 2.58. The zero-order chi connectivity index (χ0) is 14.5. The summed E-state index contributed by atoms with van der Waals surface area (Å²) >= 11 is 0. The molecule has 1 unspecified atom stereocenters. The van der Waals surface area contributed by atoms with Crippen molar-refractivity contribution in [2.45, 2.75) is 26.3 Å². The minimum Gasteiger partial charge on any atom is -0.497 e. The average Bonchev–Trinajstić information content (AvgIpc) is 2.89. The molecule has 1 aromatic heterocycles.